The van der Waals surface area contributed by atoms with E-state index in [1.807, 2.05) is 19.1 Å². The third kappa shape index (κ3) is 5.21. The predicted molar refractivity (Wildman–Crippen MR) is 55.1 cm³/mol. The molecule has 0 bridgehead atoms. The highest BCUT2D eigenvalue weighted by Gasteiger charge is 2.25. The Bertz CT molecular complexity index is 306. The molecule has 0 aromatic carbocycles. The highest BCUT2D eigenvalue weighted by atomic mass is 19.4. The number of halogens is 3. The number of hydrogen-bond donors (Lipinski definition) is 1. The largest absolute Gasteiger partial charge is 0.465 e. The molecule has 0 saturated heterocycles. The lowest BCUT2D eigenvalue weighted by Crippen LogP contribution is -2.17. The predicted octanol–water partition coefficient (Wildman–Crippen LogP) is 3.27. The van der Waals surface area contributed by atoms with Crippen LogP contribution in [0.1, 0.15) is 31.3 Å². The Labute approximate surface area is 92.8 Å². The Kier molecular flexibility index (Phi) is 4.86. The van der Waals surface area contributed by atoms with Gasteiger partial charge in [0.15, 0.2) is 0 Å². The molecular weight excluding hydrogens is 219 g/mol. The molecule has 1 rings (SSSR count). The van der Waals surface area contributed by atoms with Crippen molar-refractivity contribution in [3.05, 3.63) is 23.7 Å². The van der Waals surface area contributed by atoms with Gasteiger partial charge in [0.1, 0.15) is 11.5 Å². The Morgan fingerprint density at radius 2 is 1.94 bits per heavy atom. The summed E-state index contributed by atoms with van der Waals surface area (Å²) in [6.45, 7) is 2.82. The number of hydrogen-bond acceptors (Lipinski definition) is 2. The summed E-state index contributed by atoms with van der Waals surface area (Å²) in [6, 6.07) is 3.72. The van der Waals surface area contributed by atoms with Crippen LogP contribution in [0.3, 0.4) is 0 Å². The average molecular weight is 235 g/mol. The maximum atomic E-state index is 11.8. The van der Waals surface area contributed by atoms with Gasteiger partial charge in [0.25, 0.3) is 0 Å². The molecule has 0 spiro atoms. The van der Waals surface area contributed by atoms with E-state index < -0.39 is 12.6 Å². The van der Waals surface area contributed by atoms with E-state index in [4.69, 9.17) is 4.42 Å². The minimum Gasteiger partial charge on any atom is -0.465 e. The van der Waals surface area contributed by atoms with E-state index in [0.717, 1.165) is 17.9 Å². The Morgan fingerprint density at radius 3 is 2.50 bits per heavy atom. The Morgan fingerprint density at radius 1 is 1.25 bits per heavy atom. The quantitative estimate of drug-likeness (QED) is 0.765. The number of rotatable bonds is 6. The molecule has 1 aromatic rings. The van der Waals surface area contributed by atoms with Crippen LogP contribution in [0.5, 0.6) is 0 Å². The number of aryl methyl sites for hydroxylation is 1. The van der Waals surface area contributed by atoms with Crippen molar-refractivity contribution in [2.45, 2.75) is 38.9 Å². The molecule has 1 N–H and O–H groups in total. The summed E-state index contributed by atoms with van der Waals surface area (Å²) >= 11 is 0. The van der Waals surface area contributed by atoms with Crippen molar-refractivity contribution in [3.63, 3.8) is 0 Å². The lowest BCUT2D eigenvalue weighted by molar-refractivity contribution is -0.135. The van der Waals surface area contributed by atoms with Crippen LogP contribution in [-0.4, -0.2) is 12.7 Å². The van der Waals surface area contributed by atoms with E-state index >= 15 is 0 Å². The van der Waals surface area contributed by atoms with Gasteiger partial charge in [-0.05, 0) is 25.1 Å². The van der Waals surface area contributed by atoms with Gasteiger partial charge in [-0.2, -0.15) is 13.2 Å². The van der Waals surface area contributed by atoms with Gasteiger partial charge in [0.05, 0.1) is 6.54 Å². The van der Waals surface area contributed by atoms with Gasteiger partial charge in [-0.3, -0.25) is 0 Å². The summed E-state index contributed by atoms with van der Waals surface area (Å²) in [5, 5.41) is 2.92. The fraction of sp³-hybridized carbons (Fsp3) is 0.636. The SMILES string of the molecule is CCc1ccc(CNCCCC(F)(F)F)o1. The molecule has 5 heteroatoms. The fourth-order valence-electron chi connectivity index (χ4n) is 1.33. The zero-order valence-electron chi connectivity index (χ0n) is 9.23. The minimum atomic E-state index is -4.05. The molecule has 0 aliphatic carbocycles. The highest BCUT2D eigenvalue weighted by molar-refractivity contribution is 5.06. The zero-order chi connectivity index (χ0) is 12.0. The summed E-state index contributed by atoms with van der Waals surface area (Å²) in [7, 11) is 0. The van der Waals surface area contributed by atoms with Crippen molar-refractivity contribution in [1.82, 2.24) is 5.32 Å². The van der Waals surface area contributed by atoms with Crippen molar-refractivity contribution < 1.29 is 17.6 Å². The molecule has 0 radical (unpaired) electrons. The summed E-state index contributed by atoms with van der Waals surface area (Å²) in [6.07, 6.45) is -3.86. The van der Waals surface area contributed by atoms with Crippen LogP contribution in [0.2, 0.25) is 0 Å². The van der Waals surface area contributed by atoms with Crippen LogP contribution in [0, 0.1) is 0 Å². The molecule has 0 saturated carbocycles. The molecule has 1 aromatic heterocycles. The van der Waals surface area contributed by atoms with Crippen molar-refractivity contribution in [3.8, 4) is 0 Å². The van der Waals surface area contributed by atoms with Crippen LogP contribution in [0.4, 0.5) is 13.2 Å². The highest BCUT2D eigenvalue weighted by Crippen LogP contribution is 2.20. The minimum absolute atomic E-state index is 0.102. The molecule has 0 amide bonds. The summed E-state index contributed by atoms with van der Waals surface area (Å²) in [5.74, 6) is 1.66. The third-order valence-corrected chi connectivity index (χ3v) is 2.18. The molecule has 16 heavy (non-hydrogen) atoms. The van der Waals surface area contributed by atoms with Gasteiger partial charge >= 0.3 is 6.18 Å². The fourth-order valence-corrected chi connectivity index (χ4v) is 1.33. The number of furan rings is 1. The van der Waals surface area contributed by atoms with Gasteiger partial charge in [-0.1, -0.05) is 6.92 Å². The maximum absolute atomic E-state index is 11.8. The van der Waals surface area contributed by atoms with Crippen molar-refractivity contribution in [2.24, 2.45) is 0 Å². The first kappa shape index (κ1) is 13.1. The van der Waals surface area contributed by atoms with E-state index in [1.165, 1.54) is 0 Å². The number of nitrogens with one attached hydrogen (secondary N) is 1. The first-order chi connectivity index (χ1) is 7.51. The van der Waals surface area contributed by atoms with E-state index in [1.54, 1.807) is 0 Å². The van der Waals surface area contributed by atoms with Crippen molar-refractivity contribution in [2.75, 3.05) is 6.54 Å². The first-order valence-electron chi connectivity index (χ1n) is 5.36. The Balaban J connectivity index is 2.11. The monoisotopic (exact) mass is 235 g/mol. The topological polar surface area (TPSA) is 25.2 Å². The molecule has 92 valence electrons. The van der Waals surface area contributed by atoms with Crippen LogP contribution in [0.15, 0.2) is 16.5 Å². The lowest BCUT2D eigenvalue weighted by Gasteiger charge is -2.06. The van der Waals surface area contributed by atoms with Gasteiger partial charge < -0.3 is 9.73 Å². The van der Waals surface area contributed by atoms with Gasteiger partial charge in [-0.25, -0.2) is 0 Å². The van der Waals surface area contributed by atoms with E-state index in [0.29, 0.717) is 13.1 Å². The lowest BCUT2D eigenvalue weighted by atomic mass is 10.3. The van der Waals surface area contributed by atoms with Crippen LogP contribution < -0.4 is 5.32 Å². The molecule has 0 fully saturated rings. The van der Waals surface area contributed by atoms with Crippen LogP contribution in [-0.2, 0) is 13.0 Å². The summed E-state index contributed by atoms with van der Waals surface area (Å²) < 4.78 is 40.8. The molecule has 1 heterocycles. The number of alkyl halides is 3. The Hall–Kier alpha value is -0.970. The van der Waals surface area contributed by atoms with Crippen molar-refractivity contribution >= 4 is 0 Å². The maximum Gasteiger partial charge on any atom is 0.389 e. The molecule has 2 nitrogen and oxygen atoms in total. The van der Waals surface area contributed by atoms with E-state index in [-0.39, 0.29) is 6.42 Å². The second-order valence-corrected chi connectivity index (χ2v) is 3.62. The summed E-state index contributed by atoms with van der Waals surface area (Å²) in [5.41, 5.74) is 0. The second-order valence-electron chi connectivity index (χ2n) is 3.62. The third-order valence-electron chi connectivity index (χ3n) is 2.18. The average Bonchev–Trinajstić information content (AvgIpc) is 2.63. The molecule has 0 aliphatic heterocycles. The van der Waals surface area contributed by atoms with Gasteiger partial charge in [-0.15, -0.1) is 0 Å². The van der Waals surface area contributed by atoms with Crippen LogP contribution in [0.25, 0.3) is 0 Å². The van der Waals surface area contributed by atoms with E-state index in [2.05, 4.69) is 5.32 Å². The first-order valence-corrected chi connectivity index (χ1v) is 5.36. The summed E-state index contributed by atoms with van der Waals surface area (Å²) in [4.78, 5) is 0. The second kappa shape index (κ2) is 5.94. The van der Waals surface area contributed by atoms with E-state index in [9.17, 15) is 13.2 Å². The normalized spacial score (nSPS) is 12.0. The molecular formula is C11H16F3NO. The van der Waals surface area contributed by atoms with Crippen LogP contribution >= 0.6 is 0 Å². The smallest absolute Gasteiger partial charge is 0.389 e. The van der Waals surface area contributed by atoms with Crippen molar-refractivity contribution in [1.29, 1.82) is 0 Å². The molecule has 0 aliphatic rings. The standard InChI is InChI=1S/C11H16F3NO/c1-2-9-4-5-10(16-9)8-15-7-3-6-11(12,13)14/h4-5,15H,2-3,6-8H2,1H3. The van der Waals surface area contributed by atoms with Gasteiger partial charge in [0, 0.05) is 12.8 Å². The molecule has 0 atom stereocenters. The molecule has 0 unspecified atom stereocenters. The van der Waals surface area contributed by atoms with Gasteiger partial charge in [0.2, 0.25) is 0 Å². The zero-order valence-corrected chi connectivity index (χ0v) is 9.23.